The van der Waals surface area contributed by atoms with Crippen LogP contribution in [0.4, 0.5) is 0 Å². The van der Waals surface area contributed by atoms with E-state index in [0.29, 0.717) is 0 Å². The first-order valence-corrected chi connectivity index (χ1v) is 26.1. The van der Waals surface area contributed by atoms with Crippen molar-refractivity contribution in [1.29, 1.82) is 0 Å². The van der Waals surface area contributed by atoms with Crippen LogP contribution in [0.25, 0.3) is 0 Å². The summed E-state index contributed by atoms with van der Waals surface area (Å²) in [6.07, 6.45) is 4.83. The molecule has 0 aliphatic carbocycles. The van der Waals surface area contributed by atoms with E-state index >= 15 is 0 Å². The topological polar surface area (TPSA) is 0 Å². The highest BCUT2D eigenvalue weighted by Gasteiger charge is 2.47. The first-order valence-electron chi connectivity index (χ1n) is 23.1. The van der Waals surface area contributed by atoms with Crippen LogP contribution in [0.3, 0.4) is 0 Å². The summed E-state index contributed by atoms with van der Waals surface area (Å²) in [5, 5.41) is 4.00. The second kappa shape index (κ2) is 20.1. The van der Waals surface area contributed by atoms with Gasteiger partial charge in [-0.3, -0.25) is 0 Å². The molecule has 0 fully saturated rings. The average Bonchev–Trinajstić information content (AvgIpc) is 3.33. The molecule has 0 saturated heterocycles. The molecule has 0 aliphatic rings. The van der Waals surface area contributed by atoms with Crippen molar-refractivity contribution in [3.63, 3.8) is 0 Å². The highest BCUT2D eigenvalue weighted by molar-refractivity contribution is 7.41. The van der Waals surface area contributed by atoms with Gasteiger partial charge < -0.3 is 0 Å². The fourth-order valence-corrected chi connectivity index (χ4v) is 17.2. The zero-order chi connectivity index (χ0) is 44.6. The second-order valence-electron chi connectivity index (χ2n) is 17.8. The van der Waals surface area contributed by atoms with Gasteiger partial charge in [0.1, 0.15) is 0 Å². The van der Waals surface area contributed by atoms with Crippen LogP contribution in [-0.2, 0) is 38.5 Å². The van der Waals surface area contributed by atoms with E-state index in [1.165, 1.54) is 99.0 Å². The normalized spacial score (nSPS) is 11.4. The van der Waals surface area contributed by atoms with E-state index in [1.54, 1.807) is 0 Å². The molecule has 0 unspecified atom stereocenters. The molecule has 2 heteroatoms. The summed E-state index contributed by atoms with van der Waals surface area (Å²) in [5.41, 5.74) is 19.6. The van der Waals surface area contributed by atoms with E-state index in [1.807, 2.05) is 0 Å². The smallest absolute Gasteiger partial charge is 0.149 e. The predicted molar refractivity (Wildman–Crippen MR) is 280 cm³/mol. The zero-order valence-electron chi connectivity index (χ0n) is 37.9. The number of hydrogen-bond acceptors (Lipinski definition) is 0. The minimum absolute atomic E-state index is 0.787. The fraction of sp³-hybridized carbons (Fsp3) is 0.143. The number of hydrogen-bond donors (Lipinski definition) is 0. The number of halogens is 1. The molecule has 0 atom stereocenters. The molecule has 320 valence electrons. The molecule has 9 aromatic rings. The van der Waals surface area contributed by atoms with Crippen molar-refractivity contribution in [3.05, 3.63) is 302 Å². The number of aryl methyl sites for hydroxylation is 3. The van der Waals surface area contributed by atoms with E-state index in [0.717, 1.165) is 38.5 Å². The quantitative estimate of drug-likeness (QED) is 0.0547. The minimum atomic E-state index is -3.58. The molecule has 65 heavy (non-hydrogen) atoms. The van der Waals surface area contributed by atoms with Crippen molar-refractivity contribution in [2.75, 3.05) is 0 Å². The van der Waals surface area contributed by atoms with Crippen LogP contribution >= 0.6 is 11.1 Å². The maximum Gasteiger partial charge on any atom is 0.249 e. The van der Waals surface area contributed by atoms with Gasteiger partial charge in [-0.25, -0.2) is 0 Å². The van der Waals surface area contributed by atoms with Crippen molar-refractivity contribution < 1.29 is 0 Å². The molecule has 0 heterocycles. The Balaban J connectivity index is 1.43. The van der Waals surface area contributed by atoms with E-state index in [-0.39, 0.29) is 0 Å². The lowest BCUT2D eigenvalue weighted by molar-refractivity contribution is 1.08. The molecular weight excluding hydrogens is 820 g/mol. The van der Waals surface area contributed by atoms with E-state index in [4.69, 9.17) is 0 Å². The first-order chi connectivity index (χ1) is 31.8. The standard InChI is InChI=1S/C63H57ClSi/c1-46-34-37-55(40-49-22-10-4-11-23-49)58(43-52-28-16-7-17-29-52)61(46)65(64,62-47(2)35-38-56(41-50-24-12-5-13-25-50)59(62)44-53-30-18-8-19-31-53)63-48(3)36-39-57(42-51-26-14-6-15-27-51)60(63)45-54-32-20-9-21-33-54/h4-39H,40-45H2,1-3H3. The molecule has 0 nitrogen and oxygen atoms in total. The third-order valence-electron chi connectivity index (χ3n) is 13.3. The summed E-state index contributed by atoms with van der Waals surface area (Å²) in [5.74, 6) is 0. The Morgan fingerprint density at radius 1 is 0.262 bits per heavy atom. The van der Waals surface area contributed by atoms with Crippen LogP contribution in [0, 0.1) is 20.8 Å². The summed E-state index contributed by atoms with van der Waals surface area (Å²) in [6.45, 7) is 7.00. The van der Waals surface area contributed by atoms with Crippen LogP contribution in [-0.4, -0.2) is 7.38 Å². The Kier molecular flexibility index (Phi) is 13.5. The summed E-state index contributed by atoms with van der Waals surface area (Å²) in [4.78, 5) is 0. The van der Waals surface area contributed by atoms with E-state index in [2.05, 4.69) is 239 Å². The molecule has 9 aromatic carbocycles. The van der Waals surface area contributed by atoms with Gasteiger partial charge in [0.05, 0.1) is 0 Å². The molecule has 0 amide bonds. The molecule has 0 bridgehead atoms. The second-order valence-corrected chi connectivity index (χ2v) is 22.3. The van der Waals surface area contributed by atoms with Crippen molar-refractivity contribution in [3.8, 4) is 0 Å². The van der Waals surface area contributed by atoms with Gasteiger partial charge in [-0.15, -0.1) is 11.1 Å². The Labute approximate surface area is 393 Å². The predicted octanol–water partition coefficient (Wildman–Crippen LogP) is 13.4. The maximum absolute atomic E-state index is 9.51. The van der Waals surface area contributed by atoms with Gasteiger partial charge in [0.2, 0.25) is 7.38 Å². The Morgan fingerprint density at radius 3 is 0.677 bits per heavy atom. The highest BCUT2D eigenvalue weighted by Crippen LogP contribution is 2.32. The molecule has 0 saturated carbocycles. The van der Waals surface area contributed by atoms with Crippen molar-refractivity contribution in [2.24, 2.45) is 0 Å². The van der Waals surface area contributed by atoms with Crippen molar-refractivity contribution in [2.45, 2.75) is 59.3 Å². The van der Waals surface area contributed by atoms with Gasteiger partial charge in [0, 0.05) is 0 Å². The van der Waals surface area contributed by atoms with Gasteiger partial charge in [-0.2, -0.15) is 0 Å². The molecule has 0 radical (unpaired) electrons. The van der Waals surface area contributed by atoms with Gasteiger partial charge in [0.25, 0.3) is 0 Å². The summed E-state index contributed by atoms with van der Waals surface area (Å²) in [6, 6.07) is 80.4. The summed E-state index contributed by atoms with van der Waals surface area (Å²) in [7, 11) is -3.58. The van der Waals surface area contributed by atoms with Crippen LogP contribution in [0.5, 0.6) is 0 Å². The summed E-state index contributed by atoms with van der Waals surface area (Å²) >= 11 is 9.51. The third kappa shape index (κ3) is 9.79. The Morgan fingerprint density at radius 2 is 0.462 bits per heavy atom. The monoisotopic (exact) mass is 876 g/mol. The van der Waals surface area contributed by atoms with E-state index in [9.17, 15) is 11.1 Å². The Hall–Kier alpha value is -6.51. The van der Waals surface area contributed by atoms with Gasteiger partial charge >= 0.3 is 0 Å². The van der Waals surface area contributed by atoms with Crippen molar-refractivity contribution >= 4 is 34.0 Å². The van der Waals surface area contributed by atoms with Gasteiger partial charge in [-0.1, -0.05) is 218 Å². The highest BCUT2D eigenvalue weighted by atomic mass is 35.6. The summed E-state index contributed by atoms with van der Waals surface area (Å²) < 4.78 is 0. The zero-order valence-corrected chi connectivity index (χ0v) is 39.7. The first kappa shape index (κ1) is 43.7. The molecular formula is C63H57ClSi. The molecule has 0 spiro atoms. The van der Waals surface area contributed by atoms with Crippen LogP contribution in [0.2, 0.25) is 0 Å². The van der Waals surface area contributed by atoms with Crippen LogP contribution < -0.4 is 15.6 Å². The molecule has 0 aromatic heterocycles. The molecule has 0 N–H and O–H groups in total. The SMILES string of the molecule is Cc1ccc(Cc2ccccc2)c(Cc2ccccc2)c1[Si](Cl)(c1c(C)ccc(Cc2ccccc2)c1Cc1ccccc1)c1c(C)ccc(Cc2ccccc2)c1Cc1ccccc1. The number of benzene rings is 9. The fourth-order valence-electron chi connectivity index (χ4n) is 10.2. The van der Waals surface area contributed by atoms with Crippen LogP contribution in [0.1, 0.15) is 83.5 Å². The average molecular weight is 878 g/mol. The lowest BCUT2D eigenvalue weighted by atomic mass is 9.92. The number of rotatable bonds is 15. The molecule has 9 rings (SSSR count). The third-order valence-corrected chi connectivity index (χ3v) is 19.1. The lowest BCUT2D eigenvalue weighted by Crippen LogP contribution is -2.68. The largest absolute Gasteiger partial charge is 0.249 e. The molecule has 0 aliphatic heterocycles. The van der Waals surface area contributed by atoms with E-state index < -0.39 is 7.38 Å². The lowest BCUT2D eigenvalue weighted by Gasteiger charge is -2.38. The van der Waals surface area contributed by atoms with Gasteiger partial charge in [-0.05, 0) is 158 Å². The van der Waals surface area contributed by atoms with Crippen LogP contribution in [0.15, 0.2) is 218 Å². The van der Waals surface area contributed by atoms with Gasteiger partial charge in [0.15, 0.2) is 0 Å². The van der Waals surface area contributed by atoms with Crippen molar-refractivity contribution in [1.82, 2.24) is 0 Å². The minimum Gasteiger partial charge on any atom is -0.149 e. The Bertz CT molecular complexity index is 2650. The maximum atomic E-state index is 9.51.